The number of hydrogen-bond donors (Lipinski definition) is 1. The minimum atomic E-state index is 0.127. The fourth-order valence-corrected chi connectivity index (χ4v) is 5.26. The molecule has 1 unspecified atom stereocenters. The fourth-order valence-electron chi connectivity index (χ4n) is 5.26. The first-order chi connectivity index (χ1) is 11.6. The zero-order valence-electron chi connectivity index (χ0n) is 15.1. The largest absolute Gasteiger partial charge is 0.355 e. The van der Waals surface area contributed by atoms with Gasteiger partial charge in [-0.2, -0.15) is 0 Å². The molecule has 2 saturated carbocycles. The summed E-state index contributed by atoms with van der Waals surface area (Å²) in [5, 5.41) is 3.21. The van der Waals surface area contributed by atoms with E-state index in [0.29, 0.717) is 5.91 Å². The Morgan fingerprint density at radius 2 is 1.75 bits per heavy atom. The predicted octanol–water partition coefficient (Wildman–Crippen LogP) is 3.55. The van der Waals surface area contributed by atoms with Crippen molar-refractivity contribution in [1.29, 1.82) is 0 Å². The van der Waals surface area contributed by atoms with Crippen molar-refractivity contribution < 1.29 is 4.79 Å². The molecule has 1 N–H and O–H groups in total. The second-order valence-electron chi connectivity index (χ2n) is 8.60. The Morgan fingerprint density at radius 1 is 1.08 bits per heavy atom. The monoisotopic (exact) mass is 326 g/mol. The molecule has 3 heteroatoms. The molecule has 1 saturated heterocycles. The van der Waals surface area contributed by atoms with Crippen molar-refractivity contribution in [1.82, 2.24) is 10.2 Å². The zero-order chi connectivity index (χ0) is 16.8. The summed E-state index contributed by atoms with van der Waals surface area (Å²) >= 11 is 0. The summed E-state index contributed by atoms with van der Waals surface area (Å²) in [4.78, 5) is 14.9. The lowest BCUT2D eigenvalue weighted by Crippen LogP contribution is -2.48. The van der Waals surface area contributed by atoms with Crippen LogP contribution in [-0.4, -0.2) is 31.4 Å². The standard InChI is InChI=1S/C21H30N2O/c1-23(2)21(17-6-4-3-5-7-17)12-10-20(11-13-21)15-22-19(24)18(20)14-16-8-9-16/h3-7,16,18H,8-15H2,1-2H3,(H,22,24)/t18?,20-,21-. The van der Waals surface area contributed by atoms with Crippen molar-refractivity contribution in [2.75, 3.05) is 20.6 Å². The third-order valence-electron chi connectivity index (χ3n) is 7.18. The molecule has 1 atom stereocenters. The Kier molecular flexibility index (Phi) is 3.95. The number of hydrogen-bond acceptors (Lipinski definition) is 2. The van der Waals surface area contributed by atoms with Crippen LogP contribution in [0.15, 0.2) is 30.3 Å². The van der Waals surface area contributed by atoms with E-state index in [1.165, 1.54) is 18.4 Å². The van der Waals surface area contributed by atoms with Gasteiger partial charge >= 0.3 is 0 Å². The number of amides is 1. The van der Waals surface area contributed by atoms with Crippen LogP contribution in [0.3, 0.4) is 0 Å². The lowest BCUT2D eigenvalue weighted by atomic mass is 9.60. The van der Waals surface area contributed by atoms with Gasteiger partial charge in [0.05, 0.1) is 0 Å². The second-order valence-corrected chi connectivity index (χ2v) is 8.60. The van der Waals surface area contributed by atoms with Gasteiger partial charge in [0, 0.05) is 18.0 Å². The maximum atomic E-state index is 12.5. The molecular weight excluding hydrogens is 296 g/mol. The Bertz CT molecular complexity index is 598. The Hall–Kier alpha value is -1.35. The first-order valence-corrected chi connectivity index (χ1v) is 9.56. The molecule has 0 aromatic heterocycles. The van der Waals surface area contributed by atoms with E-state index in [2.05, 4.69) is 54.6 Å². The Morgan fingerprint density at radius 3 is 2.33 bits per heavy atom. The van der Waals surface area contributed by atoms with E-state index < -0.39 is 0 Å². The van der Waals surface area contributed by atoms with Gasteiger partial charge < -0.3 is 5.32 Å². The quantitative estimate of drug-likeness (QED) is 0.918. The predicted molar refractivity (Wildman–Crippen MR) is 96.5 cm³/mol. The lowest BCUT2D eigenvalue weighted by molar-refractivity contribution is -0.125. The van der Waals surface area contributed by atoms with Gasteiger partial charge in [-0.1, -0.05) is 43.2 Å². The summed E-state index contributed by atoms with van der Waals surface area (Å²) in [5.74, 6) is 1.42. The van der Waals surface area contributed by atoms with Crippen molar-refractivity contribution in [2.24, 2.45) is 17.3 Å². The van der Waals surface area contributed by atoms with Crippen LogP contribution in [0.5, 0.6) is 0 Å². The van der Waals surface area contributed by atoms with Gasteiger partial charge in [0.15, 0.2) is 0 Å². The minimum absolute atomic E-state index is 0.127. The first kappa shape index (κ1) is 16.1. The van der Waals surface area contributed by atoms with Gasteiger partial charge in [-0.05, 0) is 63.1 Å². The summed E-state index contributed by atoms with van der Waals surface area (Å²) in [5.41, 5.74) is 1.77. The number of carbonyl (C=O) groups is 1. The van der Waals surface area contributed by atoms with E-state index in [-0.39, 0.29) is 16.9 Å². The maximum Gasteiger partial charge on any atom is 0.223 e. The van der Waals surface area contributed by atoms with E-state index >= 15 is 0 Å². The molecule has 2 aliphatic carbocycles. The molecule has 130 valence electrons. The Labute approximate surface area is 145 Å². The summed E-state index contributed by atoms with van der Waals surface area (Å²) < 4.78 is 0. The highest BCUT2D eigenvalue weighted by Crippen LogP contribution is 2.55. The molecule has 3 nitrogen and oxygen atoms in total. The van der Waals surface area contributed by atoms with E-state index in [4.69, 9.17) is 0 Å². The molecule has 1 aromatic rings. The number of benzene rings is 1. The molecule has 0 bridgehead atoms. The SMILES string of the molecule is CN(C)[C@]1(c2ccccc2)CC[C@@]2(CC1)CNC(=O)C2CC1CC1. The van der Waals surface area contributed by atoms with Crippen molar-refractivity contribution in [3.05, 3.63) is 35.9 Å². The molecule has 1 amide bonds. The summed E-state index contributed by atoms with van der Waals surface area (Å²) in [6.45, 7) is 0.904. The highest BCUT2D eigenvalue weighted by molar-refractivity contribution is 5.82. The third-order valence-corrected chi connectivity index (χ3v) is 7.18. The average Bonchev–Trinajstić information content (AvgIpc) is 3.38. The van der Waals surface area contributed by atoms with Gasteiger partial charge in [-0.15, -0.1) is 0 Å². The van der Waals surface area contributed by atoms with E-state index in [9.17, 15) is 4.79 Å². The van der Waals surface area contributed by atoms with Crippen LogP contribution in [0.1, 0.15) is 50.5 Å². The van der Waals surface area contributed by atoms with Crippen molar-refractivity contribution in [3.8, 4) is 0 Å². The molecular formula is C21H30N2O. The highest BCUT2D eigenvalue weighted by Gasteiger charge is 2.54. The van der Waals surface area contributed by atoms with Gasteiger partial charge in [-0.3, -0.25) is 9.69 Å². The second kappa shape index (κ2) is 5.87. The average molecular weight is 326 g/mol. The summed E-state index contributed by atoms with van der Waals surface area (Å²) in [7, 11) is 4.43. The summed E-state index contributed by atoms with van der Waals surface area (Å²) in [6, 6.07) is 11.0. The highest BCUT2D eigenvalue weighted by atomic mass is 16.2. The topological polar surface area (TPSA) is 32.3 Å². The smallest absolute Gasteiger partial charge is 0.223 e. The van der Waals surface area contributed by atoms with Crippen LogP contribution in [0.4, 0.5) is 0 Å². The fraction of sp³-hybridized carbons (Fsp3) is 0.667. The zero-order valence-corrected chi connectivity index (χ0v) is 15.1. The molecule has 1 aromatic carbocycles. The lowest BCUT2D eigenvalue weighted by Gasteiger charge is -2.50. The van der Waals surface area contributed by atoms with Gasteiger partial charge in [0.25, 0.3) is 0 Å². The van der Waals surface area contributed by atoms with Crippen LogP contribution in [0.25, 0.3) is 0 Å². The molecule has 1 aliphatic heterocycles. The van der Waals surface area contributed by atoms with Crippen molar-refractivity contribution in [2.45, 2.75) is 50.5 Å². The molecule has 0 radical (unpaired) electrons. The van der Waals surface area contributed by atoms with E-state index in [1.807, 2.05) is 0 Å². The summed E-state index contributed by atoms with van der Waals surface area (Å²) in [6.07, 6.45) is 8.44. The molecule has 1 spiro atoms. The van der Waals surface area contributed by atoms with Crippen LogP contribution in [0.2, 0.25) is 0 Å². The van der Waals surface area contributed by atoms with Gasteiger partial charge in [0.2, 0.25) is 5.91 Å². The van der Waals surface area contributed by atoms with Crippen LogP contribution >= 0.6 is 0 Å². The van der Waals surface area contributed by atoms with Crippen molar-refractivity contribution >= 4 is 5.91 Å². The number of rotatable bonds is 4. The number of carbonyl (C=O) groups excluding carboxylic acids is 1. The van der Waals surface area contributed by atoms with Crippen molar-refractivity contribution in [3.63, 3.8) is 0 Å². The van der Waals surface area contributed by atoms with Crippen LogP contribution < -0.4 is 5.32 Å². The molecule has 3 fully saturated rings. The molecule has 1 heterocycles. The van der Waals surface area contributed by atoms with E-state index in [0.717, 1.165) is 44.6 Å². The first-order valence-electron chi connectivity index (χ1n) is 9.56. The third kappa shape index (κ3) is 2.57. The number of nitrogens with one attached hydrogen (secondary N) is 1. The van der Waals surface area contributed by atoms with Gasteiger partial charge in [0.1, 0.15) is 0 Å². The number of nitrogens with zero attached hydrogens (tertiary/aromatic N) is 1. The van der Waals surface area contributed by atoms with Crippen LogP contribution in [0, 0.1) is 17.3 Å². The van der Waals surface area contributed by atoms with Crippen LogP contribution in [-0.2, 0) is 10.3 Å². The van der Waals surface area contributed by atoms with Gasteiger partial charge in [-0.25, -0.2) is 0 Å². The maximum absolute atomic E-state index is 12.5. The molecule has 3 aliphatic rings. The molecule has 24 heavy (non-hydrogen) atoms. The normalized spacial score (nSPS) is 36.3. The Balaban J connectivity index is 1.57. The minimum Gasteiger partial charge on any atom is -0.355 e. The molecule has 4 rings (SSSR count). The van der Waals surface area contributed by atoms with E-state index in [1.54, 1.807) is 0 Å².